The van der Waals surface area contributed by atoms with Crippen molar-refractivity contribution >= 4 is 34.8 Å². The Labute approximate surface area is 147 Å². The number of hydrogen-bond donors (Lipinski definition) is 1. The molecule has 0 heterocycles. The number of likely N-dealkylation sites (N-methyl/N-ethyl adjacent to an activating group) is 1. The van der Waals surface area contributed by atoms with Crippen molar-refractivity contribution in [2.75, 3.05) is 18.9 Å². The first-order chi connectivity index (χ1) is 11.3. The summed E-state index contributed by atoms with van der Waals surface area (Å²) in [5.41, 5.74) is 0.221. The Morgan fingerprint density at radius 2 is 1.71 bits per heavy atom. The average Bonchev–Trinajstić information content (AvgIpc) is 2.51. The van der Waals surface area contributed by atoms with Gasteiger partial charge in [0, 0.05) is 22.2 Å². The highest BCUT2D eigenvalue weighted by atomic mass is 35.5. The van der Waals surface area contributed by atoms with Crippen LogP contribution in [0.2, 0.25) is 10.0 Å². The molecule has 0 aliphatic heterocycles. The van der Waals surface area contributed by atoms with Crippen LogP contribution >= 0.6 is 23.2 Å². The van der Waals surface area contributed by atoms with Crippen LogP contribution in [-0.2, 0) is 11.3 Å². The van der Waals surface area contributed by atoms with Gasteiger partial charge in [-0.3, -0.25) is 9.69 Å². The lowest BCUT2D eigenvalue weighted by atomic mass is 10.2. The van der Waals surface area contributed by atoms with Crippen molar-refractivity contribution in [2.24, 2.45) is 0 Å². The largest absolute Gasteiger partial charge is 0.322 e. The maximum absolute atomic E-state index is 13.5. The third kappa shape index (κ3) is 4.41. The van der Waals surface area contributed by atoms with Crippen LogP contribution in [0.1, 0.15) is 5.56 Å². The maximum atomic E-state index is 13.5. The zero-order valence-corrected chi connectivity index (χ0v) is 14.1. The molecular formula is C16H13Cl2F3N2O. The van der Waals surface area contributed by atoms with Crippen LogP contribution in [0.25, 0.3) is 0 Å². The molecular weight excluding hydrogens is 364 g/mol. The van der Waals surface area contributed by atoms with E-state index < -0.39 is 29.0 Å². The third-order valence-corrected chi connectivity index (χ3v) is 3.92. The Morgan fingerprint density at radius 3 is 2.33 bits per heavy atom. The van der Waals surface area contributed by atoms with Crippen LogP contribution in [0.3, 0.4) is 0 Å². The van der Waals surface area contributed by atoms with E-state index >= 15 is 0 Å². The van der Waals surface area contributed by atoms with Gasteiger partial charge < -0.3 is 5.32 Å². The van der Waals surface area contributed by atoms with Gasteiger partial charge in [-0.1, -0.05) is 29.3 Å². The molecule has 0 fully saturated rings. The van der Waals surface area contributed by atoms with Crippen molar-refractivity contribution < 1.29 is 18.0 Å². The molecule has 24 heavy (non-hydrogen) atoms. The molecule has 128 valence electrons. The highest BCUT2D eigenvalue weighted by molar-refractivity contribution is 6.35. The van der Waals surface area contributed by atoms with Crippen molar-refractivity contribution in [3.63, 3.8) is 0 Å². The van der Waals surface area contributed by atoms with E-state index in [-0.39, 0.29) is 13.1 Å². The molecule has 0 aliphatic rings. The number of amides is 1. The Kier molecular flexibility index (Phi) is 6.10. The second-order valence-electron chi connectivity index (χ2n) is 5.14. The molecule has 1 amide bonds. The Morgan fingerprint density at radius 1 is 1.08 bits per heavy atom. The molecule has 0 saturated heterocycles. The number of halogens is 5. The first-order valence-electron chi connectivity index (χ1n) is 6.84. The van der Waals surface area contributed by atoms with Gasteiger partial charge in [0.05, 0.1) is 12.2 Å². The summed E-state index contributed by atoms with van der Waals surface area (Å²) in [6, 6.07) is 6.74. The molecule has 0 aliphatic carbocycles. The molecule has 8 heteroatoms. The van der Waals surface area contributed by atoms with E-state index in [9.17, 15) is 18.0 Å². The van der Waals surface area contributed by atoms with Crippen LogP contribution in [-0.4, -0.2) is 24.4 Å². The lowest BCUT2D eigenvalue weighted by Crippen LogP contribution is -2.30. The fourth-order valence-electron chi connectivity index (χ4n) is 2.07. The van der Waals surface area contributed by atoms with Gasteiger partial charge in [0.2, 0.25) is 5.91 Å². The molecule has 0 saturated carbocycles. The fourth-order valence-corrected chi connectivity index (χ4v) is 2.58. The smallest absolute Gasteiger partial charge is 0.238 e. The quantitative estimate of drug-likeness (QED) is 0.780. The number of carbonyl (C=O) groups is 1. The summed E-state index contributed by atoms with van der Waals surface area (Å²) in [6.45, 7) is 0.159. The Bertz CT molecular complexity index is 751. The summed E-state index contributed by atoms with van der Waals surface area (Å²) < 4.78 is 39.5. The molecule has 0 bridgehead atoms. The normalized spacial score (nSPS) is 11.0. The molecule has 0 atom stereocenters. The van der Waals surface area contributed by atoms with Crippen molar-refractivity contribution in [2.45, 2.75) is 6.54 Å². The van der Waals surface area contributed by atoms with Gasteiger partial charge in [0.15, 0.2) is 17.5 Å². The fraction of sp³-hybridized carbons (Fsp3) is 0.188. The summed E-state index contributed by atoms with van der Waals surface area (Å²) in [4.78, 5) is 13.5. The van der Waals surface area contributed by atoms with Crippen LogP contribution in [0, 0.1) is 17.5 Å². The summed E-state index contributed by atoms with van der Waals surface area (Å²) in [6.07, 6.45) is 0. The van der Waals surface area contributed by atoms with E-state index in [1.807, 2.05) is 0 Å². The Hall–Kier alpha value is -1.76. The van der Waals surface area contributed by atoms with Crippen LogP contribution in [0.4, 0.5) is 18.9 Å². The minimum Gasteiger partial charge on any atom is -0.322 e. The third-order valence-electron chi connectivity index (χ3n) is 3.21. The monoisotopic (exact) mass is 376 g/mol. The zero-order chi connectivity index (χ0) is 17.9. The second kappa shape index (κ2) is 7.88. The van der Waals surface area contributed by atoms with Crippen LogP contribution < -0.4 is 5.32 Å². The summed E-state index contributed by atoms with van der Waals surface area (Å²) in [5.74, 6) is -4.99. The summed E-state index contributed by atoms with van der Waals surface area (Å²) in [7, 11) is 1.64. The highest BCUT2D eigenvalue weighted by Gasteiger charge is 2.16. The summed E-state index contributed by atoms with van der Waals surface area (Å²) in [5, 5.41) is 3.12. The standard InChI is InChI=1S/C16H13Cl2F3N2O/c1-23(7-9-10(17)3-2-4-11(9)18)8-14(24)22-13-6-5-12(19)15(20)16(13)21/h2-6H,7-8H2,1H3,(H,22,24). The molecule has 0 unspecified atom stereocenters. The topological polar surface area (TPSA) is 32.3 Å². The van der Waals surface area contributed by atoms with E-state index in [1.54, 1.807) is 30.1 Å². The van der Waals surface area contributed by atoms with Crippen molar-refractivity contribution in [3.05, 3.63) is 63.4 Å². The van der Waals surface area contributed by atoms with Gasteiger partial charge in [-0.2, -0.15) is 0 Å². The van der Waals surface area contributed by atoms with Gasteiger partial charge in [-0.15, -0.1) is 0 Å². The number of hydrogen-bond acceptors (Lipinski definition) is 2. The number of benzene rings is 2. The number of nitrogens with zero attached hydrogens (tertiary/aromatic N) is 1. The summed E-state index contributed by atoms with van der Waals surface area (Å²) >= 11 is 12.1. The molecule has 2 aromatic rings. The van der Waals surface area contributed by atoms with E-state index in [4.69, 9.17) is 23.2 Å². The van der Waals surface area contributed by atoms with Crippen LogP contribution in [0.15, 0.2) is 30.3 Å². The van der Waals surface area contributed by atoms with Gasteiger partial charge in [-0.05, 0) is 31.3 Å². The second-order valence-corrected chi connectivity index (χ2v) is 5.96. The lowest BCUT2D eigenvalue weighted by molar-refractivity contribution is -0.117. The minimum atomic E-state index is -1.64. The average molecular weight is 377 g/mol. The van der Waals surface area contributed by atoms with Gasteiger partial charge in [-0.25, -0.2) is 13.2 Å². The zero-order valence-electron chi connectivity index (χ0n) is 12.5. The highest BCUT2D eigenvalue weighted by Crippen LogP contribution is 2.25. The first kappa shape index (κ1) is 18.6. The molecule has 0 aromatic heterocycles. The lowest BCUT2D eigenvalue weighted by Gasteiger charge is -2.18. The molecule has 2 rings (SSSR count). The molecule has 2 aromatic carbocycles. The number of carbonyl (C=O) groups excluding carboxylic acids is 1. The van der Waals surface area contributed by atoms with Crippen LogP contribution in [0.5, 0.6) is 0 Å². The number of rotatable bonds is 5. The molecule has 0 spiro atoms. The first-order valence-corrected chi connectivity index (χ1v) is 7.60. The minimum absolute atomic E-state index is 0.125. The predicted octanol–water partition coefficient (Wildman–Crippen LogP) is 4.48. The van der Waals surface area contributed by atoms with E-state index in [0.29, 0.717) is 15.6 Å². The van der Waals surface area contributed by atoms with Gasteiger partial charge in [0.25, 0.3) is 0 Å². The Balaban J connectivity index is 2.01. The van der Waals surface area contributed by atoms with Crippen molar-refractivity contribution in [3.8, 4) is 0 Å². The van der Waals surface area contributed by atoms with Gasteiger partial charge >= 0.3 is 0 Å². The molecule has 3 nitrogen and oxygen atoms in total. The number of nitrogens with one attached hydrogen (secondary N) is 1. The van der Waals surface area contributed by atoms with Crippen molar-refractivity contribution in [1.82, 2.24) is 4.90 Å². The van der Waals surface area contributed by atoms with E-state index in [2.05, 4.69) is 5.32 Å². The molecule has 0 radical (unpaired) electrons. The predicted molar refractivity (Wildman–Crippen MR) is 87.7 cm³/mol. The van der Waals surface area contributed by atoms with Crippen molar-refractivity contribution in [1.29, 1.82) is 0 Å². The number of anilines is 1. The SMILES string of the molecule is CN(CC(=O)Nc1ccc(F)c(F)c1F)Cc1c(Cl)cccc1Cl. The maximum Gasteiger partial charge on any atom is 0.238 e. The van der Waals surface area contributed by atoms with Gasteiger partial charge in [0.1, 0.15) is 0 Å². The van der Waals surface area contributed by atoms with E-state index in [0.717, 1.165) is 12.1 Å². The molecule has 1 N–H and O–H groups in total. The van der Waals surface area contributed by atoms with E-state index in [1.165, 1.54) is 0 Å².